The first kappa shape index (κ1) is 14.8. The van der Waals surface area contributed by atoms with Gasteiger partial charge in [0.1, 0.15) is 5.56 Å². The number of nitrogens with one attached hydrogen (secondary N) is 1. The van der Waals surface area contributed by atoms with Gasteiger partial charge in [-0.15, -0.1) is 0 Å². The van der Waals surface area contributed by atoms with Gasteiger partial charge in [0.15, 0.2) is 0 Å². The summed E-state index contributed by atoms with van der Waals surface area (Å²) in [6, 6.07) is 0. The monoisotopic (exact) mass is 292 g/mol. The minimum absolute atomic E-state index is 0.112. The lowest BCUT2D eigenvalue weighted by atomic mass is 10.2. The molecule has 21 heavy (non-hydrogen) atoms. The van der Waals surface area contributed by atoms with E-state index >= 15 is 0 Å². The van der Waals surface area contributed by atoms with Crippen LogP contribution in [0.3, 0.4) is 0 Å². The third kappa shape index (κ3) is 2.93. The average Bonchev–Trinajstić information content (AvgIpc) is 2.78. The summed E-state index contributed by atoms with van der Waals surface area (Å²) >= 11 is 0. The number of aromatic amines is 1. The maximum Gasteiger partial charge on any atom is 0.341 e. The number of hydrogen-bond donors (Lipinski definition) is 1. The van der Waals surface area contributed by atoms with Crippen LogP contribution >= 0.6 is 0 Å². The lowest BCUT2D eigenvalue weighted by Gasteiger charge is -2.08. The van der Waals surface area contributed by atoms with Gasteiger partial charge >= 0.3 is 11.7 Å². The smallest absolute Gasteiger partial charge is 0.341 e. The van der Waals surface area contributed by atoms with E-state index in [0.717, 1.165) is 0 Å². The van der Waals surface area contributed by atoms with E-state index in [1.807, 2.05) is 0 Å². The largest absolute Gasteiger partial charge is 0.462 e. The summed E-state index contributed by atoms with van der Waals surface area (Å²) in [7, 11) is 1.67. The first-order valence-corrected chi connectivity index (χ1v) is 6.42. The Hall–Kier alpha value is -2.64. The number of carbonyl (C=O) groups excluding carboxylic acids is 1. The Labute approximate surface area is 120 Å². The maximum atomic E-state index is 11.9. The van der Waals surface area contributed by atoms with Gasteiger partial charge in [-0.2, -0.15) is 5.10 Å². The van der Waals surface area contributed by atoms with E-state index < -0.39 is 17.2 Å². The van der Waals surface area contributed by atoms with Gasteiger partial charge in [-0.3, -0.25) is 19.0 Å². The van der Waals surface area contributed by atoms with Crippen molar-refractivity contribution in [1.82, 2.24) is 19.3 Å². The zero-order valence-electron chi connectivity index (χ0n) is 12.0. The molecule has 0 atom stereocenters. The number of H-pyrrole nitrogens is 1. The number of aryl methyl sites for hydroxylation is 2. The van der Waals surface area contributed by atoms with Crippen LogP contribution in [0.25, 0.3) is 0 Å². The third-order valence-corrected chi connectivity index (χ3v) is 3.07. The first-order valence-electron chi connectivity index (χ1n) is 6.42. The van der Waals surface area contributed by atoms with E-state index in [9.17, 15) is 14.4 Å². The number of nitrogens with zero attached hydrogens (tertiary/aromatic N) is 3. The fourth-order valence-electron chi connectivity index (χ4n) is 1.93. The summed E-state index contributed by atoms with van der Waals surface area (Å²) in [6.45, 7) is 3.68. The van der Waals surface area contributed by atoms with E-state index in [1.165, 1.54) is 21.6 Å². The predicted octanol–water partition coefficient (Wildman–Crippen LogP) is -0.196. The third-order valence-electron chi connectivity index (χ3n) is 3.07. The van der Waals surface area contributed by atoms with E-state index in [2.05, 4.69) is 10.1 Å². The summed E-state index contributed by atoms with van der Waals surface area (Å²) in [5.41, 5.74) is 0.278. The number of aromatic nitrogens is 4. The fourth-order valence-corrected chi connectivity index (χ4v) is 1.93. The Morgan fingerprint density at radius 1 is 1.43 bits per heavy atom. The highest BCUT2D eigenvalue weighted by atomic mass is 16.5. The van der Waals surface area contributed by atoms with Crippen molar-refractivity contribution in [3.63, 3.8) is 0 Å². The lowest BCUT2D eigenvalue weighted by molar-refractivity contribution is 0.0524. The molecule has 0 aliphatic carbocycles. The lowest BCUT2D eigenvalue weighted by Crippen LogP contribution is -2.31. The molecule has 0 saturated carbocycles. The maximum absolute atomic E-state index is 11.9. The van der Waals surface area contributed by atoms with Crippen molar-refractivity contribution in [3.8, 4) is 0 Å². The molecule has 0 fully saturated rings. The van der Waals surface area contributed by atoms with Crippen LogP contribution in [0.5, 0.6) is 0 Å². The molecule has 0 bridgehead atoms. The Kier molecular flexibility index (Phi) is 4.06. The van der Waals surface area contributed by atoms with Crippen LogP contribution in [0, 0.1) is 6.92 Å². The first-order chi connectivity index (χ1) is 9.93. The highest BCUT2D eigenvalue weighted by molar-refractivity contribution is 5.90. The molecule has 0 saturated heterocycles. The summed E-state index contributed by atoms with van der Waals surface area (Å²) < 4.78 is 7.77. The van der Waals surface area contributed by atoms with Gasteiger partial charge in [0.05, 0.1) is 25.0 Å². The molecule has 1 N–H and O–H groups in total. The van der Waals surface area contributed by atoms with E-state index in [-0.39, 0.29) is 13.2 Å². The van der Waals surface area contributed by atoms with Crippen molar-refractivity contribution in [2.45, 2.75) is 20.4 Å². The van der Waals surface area contributed by atoms with Gasteiger partial charge in [-0.25, -0.2) is 9.59 Å². The van der Waals surface area contributed by atoms with Gasteiger partial charge < -0.3 is 4.74 Å². The molecular formula is C13H16N4O4. The van der Waals surface area contributed by atoms with Gasteiger partial charge in [0.25, 0.3) is 5.56 Å². The molecule has 0 aliphatic rings. The van der Waals surface area contributed by atoms with Crippen LogP contribution < -0.4 is 11.2 Å². The van der Waals surface area contributed by atoms with Crippen molar-refractivity contribution in [2.24, 2.45) is 7.05 Å². The Morgan fingerprint density at radius 3 is 2.81 bits per heavy atom. The van der Waals surface area contributed by atoms with Crippen LogP contribution in [0.1, 0.15) is 28.5 Å². The standard InChI is InChI=1S/C13H16N4O4/c1-4-21-12(19)9-5-14-16(3)10(9)7-17-6-8(2)11(18)15-13(17)20/h5-6H,4,7H2,1-3H3,(H,15,18,20). The van der Waals surface area contributed by atoms with Gasteiger partial charge in [-0.1, -0.05) is 0 Å². The minimum Gasteiger partial charge on any atom is -0.462 e. The SMILES string of the molecule is CCOC(=O)c1cnn(C)c1Cn1cc(C)c(=O)[nH]c1=O. The van der Waals surface area contributed by atoms with E-state index in [1.54, 1.807) is 20.9 Å². The van der Waals surface area contributed by atoms with Crippen LogP contribution in [0.15, 0.2) is 22.0 Å². The number of hydrogen-bond acceptors (Lipinski definition) is 5. The molecule has 0 unspecified atom stereocenters. The predicted molar refractivity (Wildman–Crippen MR) is 74.3 cm³/mol. The van der Waals surface area contributed by atoms with Gasteiger partial charge in [-0.05, 0) is 13.8 Å². The second-order valence-electron chi connectivity index (χ2n) is 4.55. The normalized spacial score (nSPS) is 10.6. The number of ether oxygens (including phenoxy) is 1. The number of carbonyl (C=O) groups is 1. The summed E-state index contributed by atoms with van der Waals surface area (Å²) in [6.07, 6.45) is 2.85. The van der Waals surface area contributed by atoms with Gasteiger partial charge in [0, 0.05) is 18.8 Å². The highest BCUT2D eigenvalue weighted by Gasteiger charge is 2.18. The highest BCUT2D eigenvalue weighted by Crippen LogP contribution is 2.10. The Bertz CT molecular complexity index is 784. The molecule has 8 heteroatoms. The fraction of sp³-hybridized carbons (Fsp3) is 0.385. The van der Waals surface area contributed by atoms with E-state index in [0.29, 0.717) is 16.8 Å². The molecule has 2 heterocycles. The average molecular weight is 292 g/mol. The molecule has 2 aromatic rings. The van der Waals surface area contributed by atoms with Crippen molar-refractivity contribution in [1.29, 1.82) is 0 Å². The molecule has 112 valence electrons. The number of rotatable bonds is 4. The van der Waals surface area contributed by atoms with Crippen LogP contribution in [0.2, 0.25) is 0 Å². The Balaban J connectivity index is 2.43. The summed E-state index contributed by atoms with van der Waals surface area (Å²) in [5.74, 6) is -0.491. The number of esters is 1. The summed E-state index contributed by atoms with van der Waals surface area (Å²) in [5, 5.41) is 4.01. The molecular weight excluding hydrogens is 276 g/mol. The summed E-state index contributed by atoms with van der Waals surface area (Å²) in [4.78, 5) is 37.2. The second kappa shape index (κ2) is 5.78. The molecule has 2 rings (SSSR count). The second-order valence-corrected chi connectivity index (χ2v) is 4.55. The minimum atomic E-state index is -0.540. The van der Waals surface area contributed by atoms with Crippen molar-refractivity contribution < 1.29 is 9.53 Å². The molecule has 2 aromatic heterocycles. The molecule has 0 radical (unpaired) electrons. The molecule has 0 aliphatic heterocycles. The van der Waals surface area contributed by atoms with Crippen LogP contribution in [-0.2, 0) is 18.3 Å². The van der Waals surface area contributed by atoms with Crippen molar-refractivity contribution in [3.05, 3.63) is 50.1 Å². The zero-order valence-corrected chi connectivity index (χ0v) is 12.0. The molecule has 8 nitrogen and oxygen atoms in total. The Morgan fingerprint density at radius 2 is 2.14 bits per heavy atom. The van der Waals surface area contributed by atoms with E-state index in [4.69, 9.17) is 4.74 Å². The van der Waals surface area contributed by atoms with Crippen LogP contribution in [-0.4, -0.2) is 31.9 Å². The van der Waals surface area contributed by atoms with Crippen molar-refractivity contribution in [2.75, 3.05) is 6.61 Å². The molecule has 0 spiro atoms. The topological polar surface area (TPSA) is 99.0 Å². The molecule has 0 aromatic carbocycles. The van der Waals surface area contributed by atoms with Crippen molar-refractivity contribution >= 4 is 5.97 Å². The zero-order chi connectivity index (χ0) is 15.6. The molecule has 0 amide bonds. The van der Waals surface area contributed by atoms with Gasteiger partial charge in [0.2, 0.25) is 0 Å². The quantitative estimate of drug-likeness (QED) is 0.787. The van der Waals surface area contributed by atoms with Crippen LogP contribution in [0.4, 0.5) is 0 Å².